The van der Waals surface area contributed by atoms with Crippen molar-refractivity contribution in [2.24, 2.45) is 15.8 Å². The molecule has 0 saturated heterocycles. The van der Waals surface area contributed by atoms with Gasteiger partial charge in [-0.3, -0.25) is 9.79 Å². The largest absolute Gasteiger partial charge is 0.469 e. The summed E-state index contributed by atoms with van der Waals surface area (Å²) in [6.07, 6.45) is 4.46. The van der Waals surface area contributed by atoms with Crippen LogP contribution in [0.15, 0.2) is 35.3 Å². The van der Waals surface area contributed by atoms with Gasteiger partial charge in [-0.1, -0.05) is 30.3 Å². The number of hydrogen-bond donors (Lipinski definition) is 1. The smallest absolute Gasteiger partial charge is 0.311 e. The third-order valence-electron chi connectivity index (χ3n) is 4.58. The second kappa shape index (κ2) is 4.70. The Bertz CT molecular complexity index is 518. The van der Waals surface area contributed by atoms with Gasteiger partial charge >= 0.3 is 5.97 Å². The molecule has 0 heterocycles. The van der Waals surface area contributed by atoms with Gasteiger partial charge in [0.15, 0.2) is 0 Å². The second-order valence-electron chi connectivity index (χ2n) is 6.05. The molecule has 4 rings (SSSR count). The van der Waals surface area contributed by atoms with Crippen LogP contribution in [0.1, 0.15) is 30.9 Å². The quantitative estimate of drug-likeness (QED) is 0.660. The standard InChI is InChI=1S/C16H19NO3/c1-20-14(19)16-8-15(9-16,10-16)11-17-13(7-18)12-5-3-2-4-6-12/h2-6,11,13,18H,7-10H2,1H3/t13-,15?,16?/m0/s1. The van der Waals surface area contributed by atoms with Gasteiger partial charge in [-0.25, -0.2) is 0 Å². The number of carbonyl (C=O) groups excluding carboxylic acids is 1. The molecule has 2 bridgehead atoms. The van der Waals surface area contributed by atoms with Crippen LogP contribution >= 0.6 is 0 Å². The first-order valence-electron chi connectivity index (χ1n) is 6.92. The number of nitrogens with zero attached hydrogens (tertiary/aromatic N) is 1. The molecule has 3 fully saturated rings. The Labute approximate surface area is 118 Å². The number of aliphatic hydroxyl groups is 1. The summed E-state index contributed by atoms with van der Waals surface area (Å²) >= 11 is 0. The van der Waals surface area contributed by atoms with Gasteiger partial charge in [-0.05, 0) is 24.8 Å². The molecule has 0 amide bonds. The van der Waals surface area contributed by atoms with E-state index in [1.807, 2.05) is 36.5 Å². The van der Waals surface area contributed by atoms with Gasteiger partial charge in [-0.15, -0.1) is 0 Å². The molecule has 0 aromatic heterocycles. The summed E-state index contributed by atoms with van der Waals surface area (Å²) < 4.78 is 4.83. The molecule has 0 aliphatic heterocycles. The molecule has 20 heavy (non-hydrogen) atoms. The van der Waals surface area contributed by atoms with Crippen LogP contribution in [0.25, 0.3) is 0 Å². The lowest BCUT2D eigenvalue weighted by Crippen LogP contribution is -2.66. The predicted octanol–water partition coefficient (Wildman–Crippen LogP) is 2.13. The third-order valence-corrected chi connectivity index (χ3v) is 4.58. The van der Waals surface area contributed by atoms with Crippen molar-refractivity contribution in [1.29, 1.82) is 0 Å². The SMILES string of the molecule is COC(=O)C12CC(C=N[C@@H](CO)c3ccccc3)(C1)C2. The van der Waals surface area contributed by atoms with Gasteiger partial charge in [0.2, 0.25) is 0 Å². The van der Waals surface area contributed by atoms with Gasteiger partial charge in [0.05, 0.1) is 25.2 Å². The molecule has 3 aliphatic carbocycles. The van der Waals surface area contributed by atoms with Crippen LogP contribution in [-0.2, 0) is 9.53 Å². The fraction of sp³-hybridized carbons (Fsp3) is 0.500. The summed E-state index contributed by atoms with van der Waals surface area (Å²) in [7, 11) is 1.45. The predicted molar refractivity (Wildman–Crippen MR) is 75.5 cm³/mol. The number of esters is 1. The van der Waals surface area contributed by atoms with Gasteiger partial charge in [0.1, 0.15) is 0 Å². The molecule has 0 spiro atoms. The number of carbonyl (C=O) groups is 1. The Hall–Kier alpha value is -1.68. The Kier molecular flexibility index (Phi) is 3.13. The lowest BCUT2D eigenvalue weighted by atomic mass is 9.35. The van der Waals surface area contributed by atoms with Crippen molar-refractivity contribution in [2.75, 3.05) is 13.7 Å². The fourth-order valence-corrected chi connectivity index (χ4v) is 3.60. The fourth-order valence-electron chi connectivity index (χ4n) is 3.60. The number of aliphatic imine (C=N–C) groups is 1. The molecule has 1 aromatic rings. The van der Waals surface area contributed by atoms with Crippen LogP contribution in [-0.4, -0.2) is 31.0 Å². The van der Waals surface area contributed by atoms with Crippen molar-refractivity contribution in [1.82, 2.24) is 0 Å². The summed E-state index contributed by atoms with van der Waals surface area (Å²) in [5.74, 6) is -0.0884. The number of ether oxygens (including phenoxy) is 1. The highest BCUT2D eigenvalue weighted by Gasteiger charge is 2.71. The zero-order chi connectivity index (χ0) is 14.2. The zero-order valence-corrected chi connectivity index (χ0v) is 11.6. The average Bonchev–Trinajstić information content (AvgIpc) is 2.40. The van der Waals surface area contributed by atoms with Crippen LogP contribution in [0.5, 0.6) is 0 Å². The van der Waals surface area contributed by atoms with Gasteiger partial charge in [0, 0.05) is 11.6 Å². The van der Waals surface area contributed by atoms with E-state index in [4.69, 9.17) is 4.74 Å². The molecular weight excluding hydrogens is 254 g/mol. The molecule has 4 heteroatoms. The monoisotopic (exact) mass is 273 g/mol. The normalized spacial score (nSPS) is 32.3. The first kappa shape index (κ1) is 13.3. The van der Waals surface area contributed by atoms with Gasteiger partial charge in [0.25, 0.3) is 0 Å². The van der Waals surface area contributed by atoms with E-state index >= 15 is 0 Å². The van der Waals surface area contributed by atoms with Crippen LogP contribution < -0.4 is 0 Å². The maximum absolute atomic E-state index is 11.6. The Morgan fingerprint density at radius 1 is 1.40 bits per heavy atom. The van der Waals surface area contributed by atoms with Crippen LogP contribution in [0, 0.1) is 10.8 Å². The third kappa shape index (κ3) is 1.95. The Morgan fingerprint density at radius 2 is 2.05 bits per heavy atom. The van der Waals surface area contributed by atoms with Crippen molar-refractivity contribution >= 4 is 12.2 Å². The highest BCUT2D eigenvalue weighted by molar-refractivity contribution is 5.87. The van der Waals surface area contributed by atoms with E-state index < -0.39 is 0 Å². The molecule has 0 radical (unpaired) electrons. The van der Waals surface area contributed by atoms with E-state index in [9.17, 15) is 9.90 Å². The second-order valence-corrected chi connectivity index (χ2v) is 6.05. The maximum atomic E-state index is 11.6. The Balaban J connectivity index is 1.64. The number of methoxy groups -OCH3 is 1. The van der Waals surface area contributed by atoms with Gasteiger partial charge < -0.3 is 9.84 Å². The van der Waals surface area contributed by atoms with Crippen LogP contribution in [0.4, 0.5) is 0 Å². The van der Waals surface area contributed by atoms with Gasteiger partial charge in [-0.2, -0.15) is 0 Å². The summed E-state index contributed by atoms with van der Waals surface area (Å²) in [6.45, 7) is -0.00125. The molecule has 0 unspecified atom stereocenters. The van der Waals surface area contributed by atoms with E-state index in [0.717, 1.165) is 24.8 Å². The minimum Gasteiger partial charge on any atom is -0.469 e. The lowest BCUT2D eigenvalue weighted by molar-refractivity contribution is -0.201. The molecule has 4 nitrogen and oxygen atoms in total. The molecule has 106 valence electrons. The van der Waals surface area contributed by atoms with Crippen molar-refractivity contribution in [2.45, 2.75) is 25.3 Å². The minimum absolute atomic E-state index is 0.00125. The topological polar surface area (TPSA) is 58.9 Å². The summed E-state index contributed by atoms with van der Waals surface area (Å²) in [5, 5.41) is 9.47. The summed E-state index contributed by atoms with van der Waals surface area (Å²) in [4.78, 5) is 16.1. The molecular formula is C16H19NO3. The van der Waals surface area contributed by atoms with Crippen molar-refractivity contribution in [3.05, 3.63) is 35.9 Å². The van der Waals surface area contributed by atoms with E-state index in [-0.39, 0.29) is 29.4 Å². The van der Waals surface area contributed by atoms with Crippen molar-refractivity contribution < 1.29 is 14.6 Å². The van der Waals surface area contributed by atoms with E-state index in [1.54, 1.807) is 0 Å². The Morgan fingerprint density at radius 3 is 2.60 bits per heavy atom. The lowest BCUT2D eigenvalue weighted by Gasteiger charge is -2.66. The first-order chi connectivity index (χ1) is 9.63. The van der Waals surface area contributed by atoms with E-state index in [0.29, 0.717) is 0 Å². The number of rotatable bonds is 5. The zero-order valence-electron chi connectivity index (χ0n) is 11.6. The summed E-state index contributed by atoms with van der Waals surface area (Å²) in [6, 6.07) is 9.57. The minimum atomic E-state index is -0.234. The number of hydrogen-bond acceptors (Lipinski definition) is 4. The van der Waals surface area contributed by atoms with Crippen LogP contribution in [0.2, 0.25) is 0 Å². The van der Waals surface area contributed by atoms with Crippen molar-refractivity contribution in [3.8, 4) is 0 Å². The maximum Gasteiger partial charge on any atom is 0.311 e. The molecule has 3 aliphatic rings. The summed E-state index contributed by atoms with van der Waals surface area (Å²) in [5.41, 5.74) is 0.846. The molecule has 1 N–H and O–H groups in total. The average molecular weight is 273 g/mol. The van der Waals surface area contributed by atoms with Crippen molar-refractivity contribution in [3.63, 3.8) is 0 Å². The highest BCUT2D eigenvalue weighted by atomic mass is 16.5. The molecule has 1 aromatic carbocycles. The number of benzene rings is 1. The molecule has 3 saturated carbocycles. The highest BCUT2D eigenvalue weighted by Crippen LogP contribution is 2.72. The van der Waals surface area contributed by atoms with Crippen LogP contribution in [0.3, 0.4) is 0 Å². The van der Waals surface area contributed by atoms with E-state index in [2.05, 4.69) is 4.99 Å². The molecule has 1 atom stereocenters. The first-order valence-corrected chi connectivity index (χ1v) is 6.92. The van der Waals surface area contributed by atoms with E-state index in [1.165, 1.54) is 7.11 Å². The number of aliphatic hydroxyl groups excluding tert-OH is 1.